The highest BCUT2D eigenvalue weighted by Gasteiger charge is 2.51. The number of piperazine rings is 1. The third kappa shape index (κ3) is 5.96. The van der Waals surface area contributed by atoms with E-state index in [0.717, 1.165) is 11.8 Å². The van der Waals surface area contributed by atoms with Gasteiger partial charge in [0.15, 0.2) is 5.60 Å². The Morgan fingerprint density at radius 2 is 1.59 bits per heavy atom. The highest BCUT2D eigenvalue weighted by Crippen LogP contribution is 2.39. The highest BCUT2D eigenvalue weighted by atomic mass is 32.2. The van der Waals surface area contributed by atoms with E-state index in [1.165, 1.54) is 22.5 Å². The van der Waals surface area contributed by atoms with Crippen molar-refractivity contribution in [1.82, 2.24) is 4.31 Å². The van der Waals surface area contributed by atoms with Gasteiger partial charge in [0.25, 0.3) is 0 Å². The average Bonchev–Trinajstić information content (AvgIpc) is 2.87. The molecule has 1 fully saturated rings. The predicted octanol–water partition coefficient (Wildman–Crippen LogP) is 5.42. The molecule has 198 valence electrons. The summed E-state index contributed by atoms with van der Waals surface area (Å²) in [6, 6.07) is 21.6. The lowest BCUT2D eigenvalue weighted by Gasteiger charge is -2.42. The van der Waals surface area contributed by atoms with Crippen LogP contribution in [-0.4, -0.2) is 55.4 Å². The number of benzene rings is 3. The van der Waals surface area contributed by atoms with Crippen LogP contribution in [-0.2, 0) is 15.6 Å². The number of hydrogen-bond donors (Lipinski definition) is 2. The summed E-state index contributed by atoms with van der Waals surface area (Å²) in [5, 5.41) is 10.0. The topological polar surface area (TPSA) is 60.9 Å². The fraction of sp³-hybridized carbons (Fsp3) is 0.308. The average molecular weight is 569 g/mol. The third-order valence-electron chi connectivity index (χ3n) is 6.43. The number of halogens is 3. The monoisotopic (exact) mass is 568 g/mol. The largest absolute Gasteiger partial charge is 0.421 e. The summed E-state index contributed by atoms with van der Waals surface area (Å²) in [5.74, 6) is 0.556. The molecule has 0 amide bonds. The molecule has 0 bridgehead atoms. The normalized spacial score (nSPS) is 19.0. The second-order valence-corrected chi connectivity index (χ2v) is 12.4. The van der Waals surface area contributed by atoms with Crippen LogP contribution < -0.4 is 4.90 Å². The van der Waals surface area contributed by atoms with Gasteiger partial charge >= 0.3 is 6.18 Å². The number of thioether (sulfide) groups is 1. The molecular formula is C26H27F3N2O3S3. The summed E-state index contributed by atoms with van der Waals surface area (Å²) < 4.78 is 68.2. The van der Waals surface area contributed by atoms with Crippen LogP contribution in [0.1, 0.15) is 12.5 Å². The molecule has 1 N–H and O–H groups in total. The van der Waals surface area contributed by atoms with Crippen molar-refractivity contribution in [3.63, 3.8) is 0 Å². The Hall–Kier alpha value is -2.18. The van der Waals surface area contributed by atoms with Gasteiger partial charge in [-0.05, 0) is 48.9 Å². The minimum atomic E-state index is -4.81. The zero-order valence-electron chi connectivity index (χ0n) is 20.0. The Kier molecular flexibility index (Phi) is 8.20. The third-order valence-corrected chi connectivity index (χ3v) is 10.0. The van der Waals surface area contributed by atoms with Gasteiger partial charge in [-0.2, -0.15) is 17.5 Å². The molecule has 0 radical (unpaired) electrons. The molecule has 0 unspecified atom stereocenters. The van der Waals surface area contributed by atoms with Crippen molar-refractivity contribution in [1.29, 1.82) is 0 Å². The Morgan fingerprint density at radius 1 is 0.973 bits per heavy atom. The molecule has 3 aromatic carbocycles. The maximum absolute atomic E-state index is 13.4. The molecule has 0 aliphatic carbocycles. The van der Waals surface area contributed by atoms with Crippen molar-refractivity contribution in [2.75, 3.05) is 30.3 Å². The maximum atomic E-state index is 13.4. The lowest BCUT2D eigenvalue weighted by molar-refractivity contribution is -0.258. The molecule has 1 saturated heterocycles. The van der Waals surface area contributed by atoms with Crippen molar-refractivity contribution in [3.8, 4) is 0 Å². The van der Waals surface area contributed by atoms with E-state index in [2.05, 4.69) is 12.6 Å². The molecule has 1 aliphatic rings. The highest BCUT2D eigenvalue weighted by molar-refractivity contribution is 7.99. The lowest BCUT2D eigenvalue weighted by atomic mass is 9.95. The van der Waals surface area contributed by atoms with Gasteiger partial charge in [0.2, 0.25) is 10.0 Å². The van der Waals surface area contributed by atoms with Crippen LogP contribution in [0.25, 0.3) is 0 Å². The summed E-state index contributed by atoms with van der Waals surface area (Å²) in [7, 11) is -3.79. The van der Waals surface area contributed by atoms with Crippen LogP contribution >= 0.6 is 24.4 Å². The van der Waals surface area contributed by atoms with Crippen molar-refractivity contribution >= 4 is 40.1 Å². The van der Waals surface area contributed by atoms with Crippen LogP contribution in [0.15, 0.2) is 93.5 Å². The Bertz CT molecular complexity index is 1320. The van der Waals surface area contributed by atoms with E-state index in [4.69, 9.17) is 0 Å². The number of anilines is 1. The van der Waals surface area contributed by atoms with Crippen molar-refractivity contribution in [3.05, 3.63) is 84.4 Å². The van der Waals surface area contributed by atoms with Crippen LogP contribution in [0.3, 0.4) is 0 Å². The Balaban J connectivity index is 1.61. The van der Waals surface area contributed by atoms with Gasteiger partial charge in [-0.25, -0.2) is 8.42 Å². The SMILES string of the molecule is C[C@@](O)(c1ccc(N2CCN(S(=O)(=O)c3ccccc3S)C[C@@H]2CSc2ccccc2)cc1)C(F)(F)F. The van der Waals surface area contributed by atoms with Crippen molar-refractivity contribution in [2.24, 2.45) is 0 Å². The van der Waals surface area contributed by atoms with E-state index in [-0.39, 0.29) is 29.6 Å². The zero-order chi connectivity index (χ0) is 26.8. The van der Waals surface area contributed by atoms with Gasteiger partial charge in [0.05, 0.1) is 10.9 Å². The number of sulfonamides is 1. The fourth-order valence-electron chi connectivity index (χ4n) is 4.19. The first kappa shape index (κ1) is 27.8. The molecular weight excluding hydrogens is 541 g/mol. The number of aliphatic hydroxyl groups is 1. The number of thiol groups is 1. The first-order valence-electron chi connectivity index (χ1n) is 11.5. The lowest BCUT2D eigenvalue weighted by Crippen LogP contribution is -2.56. The molecule has 5 nitrogen and oxygen atoms in total. The van der Waals surface area contributed by atoms with Gasteiger partial charge in [0, 0.05) is 40.9 Å². The molecule has 37 heavy (non-hydrogen) atoms. The second kappa shape index (κ2) is 10.9. The van der Waals surface area contributed by atoms with Crippen LogP contribution in [0.5, 0.6) is 0 Å². The molecule has 0 saturated carbocycles. The van der Waals surface area contributed by atoms with Crippen molar-refractivity contribution < 1.29 is 26.7 Å². The zero-order valence-corrected chi connectivity index (χ0v) is 22.5. The fourth-order valence-corrected chi connectivity index (χ4v) is 7.27. The molecule has 0 aromatic heterocycles. The van der Waals surface area contributed by atoms with Crippen LogP contribution in [0, 0.1) is 0 Å². The number of rotatable bonds is 7. The summed E-state index contributed by atoms with van der Waals surface area (Å²) in [4.78, 5) is 3.55. The van der Waals surface area contributed by atoms with Gasteiger partial charge in [-0.3, -0.25) is 0 Å². The molecule has 1 aliphatic heterocycles. The Labute approximate surface area is 224 Å². The molecule has 0 spiro atoms. The quantitative estimate of drug-likeness (QED) is 0.295. The summed E-state index contributed by atoms with van der Waals surface area (Å²) >= 11 is 5.91. The van der Waals surface area contributed by atoms with E-state index < -0.39 is 21.8 Å². The second-order valence-electron chi connectivity index (χ2n) is 8.92. The summed E-state index contributed by atoms with van der Waals surface area (Å²) in [6.45, 7) is 1.48. The number of nitrogens with zero attached hydrogens (tertiary/aromatic N) is 2. The molecule has 3 aromatic rings. The van der Waals surface area contributed by atoms with Crippen LogP contribution in [0.4, 0.5) is 18.9 Å². The first-order valence-corrected chi connectivity index (χ1v) is 14.4. The molecule has 4 rings (SSSR count). The van der Waals surface area contributed by atoms with Crippen molar-refractivity contribution in [2.45, 2.75) is 39.4 Å². The van der Waals surface area contributed by atoms with E-state index in [9.17, 15) is 26.7 Å². The number of alkyl halides is 3. The molecule has 2 atom stereocenters. The van der Waals surface area contributed by atoms with E-state index >= 15 is 0 Å². The summed E-state index contributed by atoms with van der Waals surface area (Å²) in [6.07, 6.45) is -4.81. The summed E-state index contributed by atoms with van der Waals surface area (Å²) in [5.41, 5.74) is -2.57. The van der Waals surface area contributed by atoms with Gasteiger partial charge in [-0.1, -0.05) is 42.5 Å². The standard InChI is InChI=1S/C26H27F3N2O3S3/c1-25(32,26(27,28)29)19-11-13-20(14-12-19)31-16-15-30(37(33,34)24-10-6-5-9-23(24)35)17-21(31)18-36-22-7-3-2-4-8-22/h2-14,21,32,35H,15-18H2,1H3/t21-,25-/m1/s1. The van der Waals surface area contributed by atoms with Gasteiger partial charge in [-0.15, -0.1) is 24.4 Å². The first-order chi connectivity index (χ1) is 17.4. The van der Waals surface area contributed by atoms with Gasteiger partial charge in [0.1, 0.15) is 0 Å². The number of hydrogen-bond acceptors (Lipinski definition) is 6. The molecule has 11 heteroatoms. The van der Waals surface area contributed by atoms with E-state index in [0.29, 0.717) is 22.9 Å². The minimum absolute atomic E-state index is 0.139. The van der Waals surface area contributed by atoms with E-state index in [1.54, 1.807) is 42.1 Å². The predicted molar refractivity (Wildman–Crippen MR) is 143 cm³/mol. The maximum Gasteiger partial charge on any atom is 0.421 e. The van der Waals surface area contributed by atoms with Gasteiger partial charge < -0.3 is 10.0 Å². The molecule has 1 heterocycles. The Morgan fingerprint density at radius 3 is 2.22 bits per heavy atom. The minimum Gasteiger partial charge on any atom is -0.376 e. The van der Waals surface area contributed by atoms with Crippen LogP contribution in [0.2, 0.25) is 0 Å². The smallest absolute Gasteiger partial charge is 0.376 e. The van der Waals surface area contributed by atoms with E-state index in [1.807, 2.05) is 35.2 Å².